The maximum absolute atomic E-state index is 11.8. The topological polar surface area (TPSA) is 20.2 Å². The minimum atomic E-state index is -0.475. The van der Waals surface area contributed by atoms with Crippen molar-refractivity contribution < 1.29 is 9.50 Å². The summed E-state index contributed by atoms with van der Waals surface area (Å²) in [5.74, 6) is 0. The smallest absolute Gasteiger partial charge is 0.108 e. The first-order valence-corrected chi connectivity index (χ1v) is 4.36. The first-order chi connectivity index (χ1) is 5.76. The van der Waals surface area contributed by atoms with Gasteiger partial charge < -0.3 is 5.11 Å². The summed E-state index contributed by atoms with van der Waals surface area (Å²) in [6, 6.07) is 0. The van der Waals surface area contributed by atoms with Crippen LogP contribution < -0.4 is 0 Å². The Hall–Kier alpha value is -0.630. The van der Waals surface area contributed by atoms with Crippen LogP contribution in [0.15, 0.2) is 23.8 Å². The molecule has 0 aliphatic heterocycles. The summed E-state index contributed by atoms with van der Waals surface area (Å²) in [6.07, 6.45) is 6.07. The van der Waals surface area contributed by atoms with E-state index in [1.165, 1.54) is 6.08 Å². The Balaban J connectivity index is 4.23. The molecule has 0 amide bonds. The Bertz CT molecular complexity index is 161. The van der Waals surface area contributed by atoms with Crippen LogP contribution in [-0.4, -0.2) is 17.9 Å². The molecule has 70 valence electrons. The molecule has 0 aromatic rings. The molecule has 0 rings (SSSR count). The van der Waals surface area contributed by atoms with Gasteiger partial charge in [-0.2, -0.15) is 0 Å². The summed E-state index contributed by atoms with van der Waals surface area (Å²) >= 11 is 0. The molecule has 0 fully saturated rings. The van der Waals surface area contributed by atoms with Gasteiger partial charge >= 0.3 is 0 Å². The van der Waals surface area contributed by atoms with Gasteiger partial charge in [0.2, 0.25) is 0 Å². The van der Waals surface area contributed by atoms with Gasteiger partial charge in [0.15, 0.2) is 0 Å². The van der Waals surface area contributed by atoms with Gasteiger partial charge in [-0.1, -0.05) is 32.1 Å². The molecule has 0 saturated heterocycles. The lowest BCUT2D eigenvalue weighted by atomic mass is 10.1. The molecule has 1 N–H and O–H groups in total. The van der Waals surface area contributed by atoms with Gasteiger partial charge in [-0.3, -0.25) is 0 Å². The van der Waals surface area contributed by atoms with Gasteiger partial charge in [-0.05, 0) is 18.4 Å². The molecule has 0 saturated carbocycles. The van der Waals surface area contributed by atoms with Gasteiger partial charge in [0.25, 0.3) is 0 Å². The molecule has 0 aromatic carbocycles. The Morgan fingerprint density at radius 1 is 1.50 bits per heavy atom. The second-order valence-electron chi connectivity index (χ2n) is 2.59. The predicted molar refractivity (Wildman–Crippen MR) is 49.8 cm³/mol. The Kier molecular flexibility index (Phi) is 6.67. The standard InChI is InChI=1S/C10H17FO/c1-3-6-9(7-5-8-11)10(12)4-2/h5-7,10,12H,3-4,8H2,1-2H3. The number of aliphatic hydroxyl groups excluding tert-OH is 1. The van der Waals surface area contributed by atoms with E-state index in [2.05, 4.69) is 0 Å². The molecule has 0 aromatic heterocycles. The molecule has 0 bridgehead atoms. The van der Waals surface area contributed by atoms with Gasteiger partial charge in [-0.15, -0.1) is 0 Å². The van der Waals surface area contributed by atoms with Gasteiger partial charge in [0.1, 0.15) is 6.67 Å². The SMILES string of the molecule is CCC=C(C=CCF)C(O)CC. The van der Waals surface area contributed by atoms with E-state index < -0.39 is 12.8 Å². The fourth-order valence-electron chi connectivity index (χ4n) is 0.967. The van der Waals surface area contributed by atoms with Crippen LogP contribution in [0.3, 0.4) is 0 Å². The van der Waals surface area contributed by atoms with E-state index in [1.807, 2.05) is 19.9 Å². The number of halogens is 1. The second kappa shape index (κ2) is 7.04. The first kappa shape index (κ1) is 11.4. The molecule has 0 aliphatic carbocycles. The Labute approximate surface area is 73.6 Å². The number of rotatable bonds is 5. The quantitative estimate of drug-likeness (QED) is 0.632. The highest BCUT2D eigenvalue weighted by molar-refractivity contribution is 5.22. The lowest BCUT2D eigenvalue weighted by molar-refractivity contribution is 0.210. The van der Waals surface area contributed by atoms with E-state index in [4.69, 9.17) is 0 Å². The molecule has 1 nitrogen and oxygen atoms in total. The summed E-state index contributed by atoms with van der Waals surface area (Å²) in [4.78, 5) is 0. The fraction of sp³-hybridized carbons (Fsp3) is 0.600. The lowest BCUT2D eigenvalue weighted by Gasteiger charge is -2.08. The minimum absolute atomic E-state index is 0.451. The van der Waals surface area contributed by atoms with Crippen LogP contribution in [0.1, 0.15) is 26.7 Å². The van der Waals surface area contributed by atoms with Gasteiger partial charge in [-0.25, -0.2) is 4.39 Å². The fourth-order valence-corrected chi connectivity index (χ4v) is 0.967. The van der Waals surface area contributed by atoms with Crippen molar-refractivity contribution in [2.24, 2.45) is 0 Å². The van der Waals surface area contributed by atoms with Crippen LogP contribution >= 0.6 is 0 Å². The summed E-state index contributed by atoms with van der Waals surface area (Å²) < 4.78 is 11.8. The largest absolute Gasteiger partial charge is 0.388 e. The van der Waals surface area contributed by atoms with Gasteiger partial charge in [0.05, 0.1) is 6.10 Å². The van der Waals surface area contributed by atoms with E-state index in [9.17, 15) is 9.50 Å². The molecule has 0 radical (unpaired) electrons. The zero-order chi connectivity index (χ0) is 9.40. The first-order valence-electron chi connectivity index (χ1n) is 4.36. The average Bonchev–Trinajstić information content (AvgIpc) is 2.11. The van der Waals surface area contributed by atoms with Crippen LogP contribution in [0.25, 0.3) is 0 Å². The average molecular weight is 172 g/mol. The lowest BCUT2D eigenvalue weighted by Crippen LogP contribution is -2.06. The monoisotopic (exact) mass is 172 g/mol. The molecule has 2 heteroatoms. The Morgan fingerprint density at radius 3 is 2.58 bits per heavy atom. The highest BCUT2D eigenvalue weighted by Gasteiger charge is 2.03. The van der Waals surface area contributed by atoms with Gasteiger partial charge in [0, 0.05) is 0 Å². The maximum Gasteiger partial charge on any atom is 0.108 e. The van der Waals surface area contributed by atoms with E-state index in [1.54, 1.807) is 6.08 Å². The van der Waals surface area contributed by atoms with Crippen LogP contribution in [0.4, 0.5) is 4.39 Å². The third kappa shape index (κ3) is 4.29. The molecule has 1 atom stereocenters. The van der Waals surface area contributed by atoms with Crippen molar-refractivity contribution in [3.05, 3.63) is 23.8 Å². The molecular formula is C10H17FO. The summed E-state index contributed by atoms with van der Waals surface area (Å²) in [6.45, 7) is 3.42. The van der Waals surface area contributed by atoms with Crippen molar-refractivity contribution in [3.8, 4) is 0 Å². The second-order valence-corrected chi connectivity index (χ2v) is 2.59. The number of aliphatic hydroxyl groups is 1. The van der Waals surface area contributed by atoms with Crippen molar-refractivity contribution in [3.63, 3.8) is 0 Å². The number of hydrogen-bond donors (Lipinski definition) is 1. The van der Waals surface area contributed by atoms with Crippen molar-refractivity contribution in [1.82, 2.24) is 0 Å². The van der Waals surface area contributed by atoms with E-state index in [-0.39, 0.29) is 0 Å². The summed E-state index contributed by atoms with van der Waals surface area (Å²) in [7, 11) is 0. The van der Waals surface area contributed by atoms with Crippen molar-refractivity contribution in [2.75, 3.05) is 6.67 Å². The molecule has 0 heterocycles. The number of allylic oxidation sites excluding steroid dienone is 2. The molecule has 0 spiro atoms. The van der Waals surface area contributed by atoms with Crippen molar-refractivity contribution in [1.29, 1.82) is 0 Å². The van der Waals surface area contributed by atoms with Crippen LogP contribution in [0, 0.1) is 0 Å². The zero-order valence-electron chi connectivity index (χ0n) is 7.76. The van der Waals surface area contributed by atoms with Crippen molar-refractivity contribution >= 4 is 0 Å². The van der Waals surface area contributed by atoms with Crippen molar-refractivity contribution in [2.45, 2.75) is 32.8 Å². The zero-order valence-corrected chi connectivity index (χ0v) is 7.76. The van der Waals surface area contributed by atoms with Crippen LogP contribution in [-0.2, 0) is 0 Å². The predicted octanol–water partition coefficient (Wildman–Crippen LogP) is 2.62. The van der Waals surface area contributed by atoms with E-state index >= 15 is 0 Å². The maximum atomic E-state index is 11.8. The summed E-state index contributed by atoms with van der Waals surface area (Å²) in [5, 5.41) is 9.43. The van der Waals surface area contributed by atoms with Crippen LogP contribution in [0.5, 0.6) is 0 Å². The highest BCUT2D eigenvalue weighted by atomic mass is 19.1. The summed E-state index contributed by atoms with van der Waals surface area (Å²) in [5.41, 5.74) is 0.817. The molecular weight excluding hydrogens is 155 g/mol. The van der Waals surface area contributed by atoms with E-state index in [0.717, 1.165) is 12.0 Å². The minimum Gasteiger partial charge on any atom is -0.388 e. The Morgan fingerprint density at radius 2 is 2.17 bits per heavy atom. The highest BCUT2D eigenvalue weighted by Crippen LogP contribution is 2.08. The molecule has 0 aliphatic rings. The molecule has 12 heavy (non-hydrogen) atoms. The number of hydrogen-bond acceptors (Lipinski definition) is 1. The third-order valence-corrected chi connectivity index (χ3v) is 1.61. The molecule has 1 unspecified atom stereocenters. The van der Waals surface area contributed by atoms with Crippen LogP contribution in [0.2, 0.25) is 0 Å². The number of alkyl halides is 1. The van der Waals surface area contributed by atoms with E-state index in [0.29, 0.717) is 6.42 Å². The third-order valence-electron chi connectivity index (χ3n) is 1.61. The normalized spacial score (nSPS) is 15.5.